The van der Waals surface area contributed by atoms with Crippen molar-refractivity contribution in [3.8, 4) is 0 Å². The average Bonchev–Trinajstić information content (AvgIpc) is 2.21. The summed E-state index contributed by atoms with van der Waals surface area (Å²) in [6.45, 7) is 5.65. The largest absolute Gasteiger partial charge is 0.439 e. The first-order valence-electron chi connectivity index (χ1n) is 5.77. The molecule has 0 saturated carbocycles. The summed E-state index contributed by atoms with van der Waals surface area (Å²) in [5.41, 5.74) is 0. The monoisotopic (exact) mass is 244 g/mol. The summed E-state index contributed by atoms with van der Waals surface area (Å²) in [6.07, 6.45) is -0.189. The van der Waals surface area contributed by atoms with Crippen molar-refractivity contribution in [3.05, 3.63) is 0 Å². The van der Waals surface area contributed by atoms with E-state index in [1.54, 1.807) is 7.05 Å². The second-order valence-corrected chi connectivity index (χ2v) is 4.87. The Labute approximate surface area is 101 Å². The molecule has 1 saturated heterocycles. The van der Waals surface area contributed by atoms with E-state index in [4.69, 9.17) is 4.74 Å². The quantitative estimate of drug-likeness (QED) is 0.602. The van der Waals surface area contributed by atoms with Gasteiger partial charge in [-0.05, 0) is 12.8 Å². The number of hydrogen-bond donors (Lipinski definition) is 1. The molecule has 0 bridgehead atoms. The number of hydrogen-bond acceptors (Lipinski definition) is 4. The molecular weight excluding hydrogens is 224 g/mol. The Hall–Kier alpha value is -1.30. The molecule has 1 aliphatic rings. The van der Waals surface area contributed by atoms with Crippen LogP contribution in [0.4, 0.5) is 4.79 Å². The van der Waals surface area contributed by atoms with Crippen LogP contribution in [0.3, 0.4) is 0 Å². The van der Waals surface area contributed by atoms with Crippen molar-refractivity contribution in [1.82, 2.24) is 9.96 Å². The van der Waals surface area contributed by atoms with Gasteiger partial charge in [-0.15, -0.1) is 0 Å². The normalized spacial score (nSPS) is 25.4. The summed E-state index contributed by atoms with van der Waals surface area (Å²) < 4.78 is 5.09. The molecule has 98 valence electrons. The van der Waals surface area contributed by atoms with Gasteiger partial charge in [0.25, 0.3) is 0 Å². The van der Waals surface area contributed by atoms with Crippen LogP contribution in [0, 0.1) is 5.92 Å². The van der Waals surface area contributed by atoms with Gasteiger partial charge in [0.05, 0.1) is 0 Å². The van der Waals surface area contributed by atoms with Gasteiger partial charge in [0.1, 0.15) is 0 Å². The van der Waals surface area contributed by atoms with E-state index in [2.05, 4.69) is 0 Å². The molecule has 2 amide bonds. The van der Waals surface area contributed by atoms with Gasteiger partial charge in [0.15, 0.2) is 0 Å². The maximum absolute atomic E-state index is 11.6. The minimum absolute atomic E-state index is 0.0669. The van der Waals surface area contributed by atoms with Gasteiger partial charge in [-0.25, -0.2) is 4.79 Å². The molecule has 2 unspecified atom stereocenters. The number of rotatable bonds is 3. The summed E-state index contributed by atoms with van der Waals surface area (Å²) in [4.78, 5) is 24.4. The number of esters is 1. The van der Waals surface area contributed by atoms with Crippen LogP contribution in [-0.2, 0) is 9.53 Å². The Morgan fingerprint density at radius 3 is 2.71 bits per heavy atom. The van der Waals surface area contributed by atoms with Gasteiger partial charge in [-0.3, -0.25) is 10.0 Å². The molecule has 2 atom stereocenters. The predicted molar refractivity (Wildman–Crippen MR) is 60.2 cm³/mol. The molecule has 1 aliphatic heterocycles. The van der Waals surface area contributed by atoms with Crippen LogP contribution in [0.25, 0.3) is 0 Å². The highest BCUT2D eigenvalue weighted by Gasteiger charge is 2.37. The van der Waals surface area contributed by atoms with Crippen LogP contribution >= 0.6 is 0 Å². The van der Waals surface area contributed by atoms with Crippen molar-refractivity contribution in [1.29, 1.82) is 0 Å². The van der Waals surface area contributed by atoms with Crippen LogP contribution in [0.5, 0.6) is 0 Å². The molecule has 0 aromatic carbocycles. The highest BCUT2D eigenvalue weighted by molar-refractivity contribution is 5.75. The zero-order valence-corrected chi connectivity index (χ0v) is 10.7. The molecule has 6 nitrogen and oxygen atoms in total. The highest BCUT2D eigenvalue weighted by atomic mass is 16.6. The predicted octanol–water partition coefficient (Wildman–Crippen LogP) is 1.44. The lowest BCUT2D eigenvalue weighted by atomic mass is 10.1. The van der Waals surface area contributed by atoms with Gasteiger partial charge >= 0.3 is 12.0 Å². The third kappa shape index (κ3) is 3.33. The molecule has 1 heterocycles. The maximum atomic E-state index is 11.6. The van der Waals surface area contributed by atoms with Crippen LogP contribution in [0.1, 0.15) is 33.6 Å². The van der Waals surface area contributed by atoms with E-state index in [9.17, 15) is 14.8 Å². The molecule has 0 aliphatic carbocycles. The molecule has 0 aromatic rings. The lowest BCUT2D eigenvalue weighted by Gasteiger charge is -2.39. The fraction of sp³-hybridized carbons (Fsp3) is 0.818. The van der Waals surface area contributed by atoms with Gasteiger partial charge in [-0.1, -0.05) is 13.8 Å². The number of amides is 2. The molecule has 0 radical (unpaired) electrons. The van der Waals surface area contributed by atoms with Crippen LogP contribution in [0.15, 0.2) is 0 Å². The zero-order chi connectivity index (χ0) is 13.2. The number of carbonyl (C=O) groups excluding carboxylic acids is 2. The van der Waals surface area contributed by atoms with E-state index >= 15 is 0 Å². The Balaban J connectivity index is 2.59. The van der Waals surface area contributed by atoms with Gasteiger partial charge in [0.2, 0.25) is 6.23 Å². The van der Waals surface area contributed by atoms with Crippen molar-refractivity contribution in [2.45, 2.75) is 45.9 Å². The molecule has 1 fully saturated rings. The molecule has 0 aromatic heterocycles. The molecule has 0 spiro atoms. The van der Waals surface area contributed by atoms with Crippen molar-refractivity contribution in [2.75, 3.05) is 7.05 Å². The number of carbonyl (C=O) groups is 2. The first kappa shape index (κ1) is 13.8. The summed E-state index contributed by atoms with van der Waals surface area (Å²) in [7, 11) is 1.60. The fourth-order valence-electron chi connectivity index (χ4n) is 1.65. The van der Waals surface area contributed by atoms with Crippen LogP contribution in [0.2, 0.25) is 0 Å². The van der Waals surface area contributed by atoms with Crippen molar-refractivity contribution < 1.29 is 19.5 Å². The third-order valence-corrected chi connectivity index (χ3v) is 2.82. The Morgan fingerprint density at radius 1 is 1.59 bits per heavy atom. The number of ether oxygens (including phenoxy) is 1. The van der Waals surface area contributed by atoms with Crippen molar-refractivity contribution in [3.63, 3.8) is 0 Å². The fourth-order valence-corrected chi connectivity index (χ4v) is 1.65. The molecular formula is C11H20N2O4. The Morgan fingerprint density at radius 2 is 2.18 bits per heavy atom. The van der Waals surface area contributed by atoms with E-state index < -0.39 is 18.2 Å². The minimum atomic E-state index is -0.875. The van der Waals surface area contributed by atoms with Crippen molar-refractivity contribution in [2.24, 2.45) is 5.92 Å². The van der Waals surface area contributed by atoms with Gasteiger partial charge < -0.3 is 9.64 Å². The van der Waals surface area contributed by atoms with E-state index in [0.717, 1.165) is 0 Å². The number of nitrogens with zero attached hydrogens (tertiary/aromatic N) is 2. The zero-order valence-electron chi connectivity index (χ0n) is 10.7. The standard InChI is InChI=1S/C11H20N2O4/c1-7(2)5-10(14)17-9-6-8(3)12(4)11(15)13(9)16/h7-9,16H,5-6H2,1-4H3. The first-order chi connectivity index (χ1) is 7.82. The molecule has 1 rings (SSSR count). The molecule has 17 heavy (non-hydrogen) atoms. The molecule has 1 N–H and O–H groups in total. The third-order valence-electron chi connectivity index (χ3n) is 2.82. The van der Waals surface area contributed by atoms with E-state index in [1.807, 2.05) is 20.8 Å². The minimum Gasteiger partial charge on any atom is -0.439 e. The van der Waals surface area contributed by atoms with Gasteiger partial charge in [0, 0.05) is 25.9 Å². The Bertz CT molecular complexity index is 306. The van der Waals surface area contributed by atoms with E-state index in [0.29, 0.717) is 11.5 Å². The Kier molecular flexibility index (Phi) is 4.34. The van der Waals surface area contributed by atoms with E-state index in [-0.39, 0.29) is 18.4 Å². The smallest absolute Gasteiger partial charge is 0.347 e. The highest BCUT2D eigenvalue weighted by Crippen LogP contribution is 2.20. The number of urea groups is 1. The summed E-state index contributed by atoms with van der Waals surface area (Å²) in [6, 6.07) is -0.617. The average molecular weight is 244 g/mol. The second-order valence-electron chi connectivity index (χ2n) is 4.87. The van der Waals surface area contributed by atoms with Crippen LogP contribution < -0.4 is 0 Å². The van der Waals surface area contributed by atoms with Gasteiger partial charge in [-0.2, -0.15) is 5.06 Å². The summed E-state index contributed by atoms with van der Waals surface area (Å²) in [5.74, 6) is -0.206. The SMILES string of the molecule is CC(C)CC(=O)OC1CC(C)N(C)C(=O)N1O. The second kappa shape index (κ2) is 5.35. The van der Waals surface area contributed by atoms with Crippen LogP contribution in [-0.4, -0.2) is 46.5 Å². The summed E-state index contributed by atoms with van der Waals surface area (Å²) in [5, 5.41) is 10.1. The first-order valence-corrected chi connectivity index (χ1v) is 5.77. The number of hydroxylamine groups is 2. The van der Waals surface area contributed by atoms with Crippen molar-refractivity contribution >= 4 is 12.0 Å². The molecule has 6 heteroatoms. The topological polar surface area (TPSA) is 70.1 Å². The lowest BCUT2D eigenvalue weighted by molar-refractivity contribution is -0.209. The lowest BCUT2D eigenvalue weighted by Crippen LogP contribution is -2.56. The maximum Gasteiger partial charge on any atom is 0.347 e. The van der Waals surface area contributed by atoms with E-state index in [1.165, 1.54) is 4.90 Å². The summed E-state index contributed by atoms with van der Waals surface area (Å²) >= 11 is 0.